The fourth-order valence-electron chi connectivity index (χ4n) is 1.32. The van der Waals surface area contributed by atoms with Crippen LogP contribution < -0.4 is 16.2 Å². The molecule has 0 aromatic carbocycles. The minimum absolute atomic E-state index is 0.0695. The number of amides is 1. The van der Waals surface area contributed by atoms with Crippen LogP contribution in [0, 0.1) is 0 Å². The number of H-pyrrole nitrogens is 1. The van der Waals surface area contributed by atoms with Crippen molar-refractivity contribution in [3.63, 3.8) is 0 Å². The van der Waals surface area contributed by atoms with Gasteiger partial charge in [0, 0.05) is 13.1 Å². The Kier molecular flexibility index (Phi) is 5.82. The Bertz CT molecular complexity index is 510. The molecule has 1 aromatic heterocycles. The van der Waals surface area contributed by atoms with Crippen molar-refractivity contribution in [2.24, 2.45) is 0 Å². The molecule has 0 aliphatic rings. The standard InChI is InChI=1S/C12H19ClN4O3/c1-12(2,3)20-11(19)15-6-4-5-14-8-7-16-17-10(18)9(8)13/h7H,4-6H2,1-3H3,(H,15,19)(H2,14,17,18). The van der Waals surface area contributed by atoms with Gasteiger partial charge < -0.3 is 15.4 Å². The second-order valence-electron chi connectivity index (χ2n) is 5.14. The molecule has 0 spiro atoms. The summed E-state index contributed by atoms with van der Waals surface area (Å²) < 4.78 is 5.09. The highest BCUT2D eigenvalue weighted by atomic mass is 35.5. The second-order valence-corrected chi connectivity index (χ2v) is 5.51. The minimum atomic E-state index is -0.507. The molecule has 0 fully saturated rings. The molecule has 20 heavy (non-hydrogen) atoms. The average Bonchev–Trinajstić information content (AvgIpc) is 2.31. The summed E-state index contributed by atoms with van der Waals surface area (Å²) in [7, 11) is 0. The zero-order chi connectivity index (χ0) is 15.2. The number of hydrogen-bond acceptors (Lipinski definition) is 5. The molecule has 1 heterocycles. The van der Waals surface area contributed by atoms with Gasteiger partial charge in [-0.3, -0.25) is 4.79 Å². The summed E-state index contributed by atoms with van der Waals surface area (Å²) in [5, 5.41) is 11.5. The third-order valence-corrected chi connectivity index (χ3v) is 2.51. The molecule has 0 saturated heterocycles. The molecule has 0 aliphatic carbocycles. The number of halogens is 1. The number of carbonyl (C=O) groups excluding carboxylic acids is 1. The van der Waals surface area contributed by atoms with Crippen molar-refractivity contribution in [2.45, 2.75) is 32.8 Å². The van der Waals surface area contributed by atoms with Crippen LogP contribution in [0.2, 0.25) is 5.02 Å². The normalized spacial score (nSPS) is 11.0. The van der Waals surface area contributed by atoms with Gasteiger partial charge in [-0.1, -0.05) is 11.6 Å². The number of nitrogens with zero attached hydrogens (tertiary/aromatic N) is 1. The van der Waals surface area contributed by atoms with E-state index < -0.39 is 17.3 Å². The Morgan fingerprint density at radius 1 is 1.45 bits per heavy atom. The number of nitrogens with one attached hydrogen (secondary N) is 3. The van der Waals surface area contributed by atoms with Gasteiger partial charge in [0.1, 0.15) is 10.6 Å². The van der Waals surface area contributed by atoms with E-state index in [1.807, 2.05) is 0 Å². The van der Waals surface area contributed by atoms with Crippen LogP contribution in [0.25, 0.3) is 0 Å². The van der Waals surface area contributed by atoms with Gasteiger partial charge in [-0.25, -0.2) is 9.89 Å². The highest BCUT2D eigenvalue weighted by molar-refractivity contribution is 6.32. The molecule has 3 N–H and O–H groups in total. The van der Waals surface area contributed by atoms with Gasteiger partial charge in [-0.05, 0) is 27.2 Å². The first kappa shape index (κ1) is 16.3. The Morgan fingerprint density at radius 3 is 2.80 bits per heavy atom. The van der Waals surface area contributed by atoms with Gasteiger partial charge in [0.2, 0.25) is 0 Å². The number of anilines is 1. The molecule has 0 bridgehead atoms. The monoisotopic (exact) mass is 302 g/mol. The van der Waals surface area contributed by atoms with Crippen LogP contribution in [-0.4, -0.2) is 35.0 Å². The number of aromatic nitrogens is 2. The SMILES string of the molecule is CC(C)(C)OC(=O)NCCCNc1cn[nH]c(=O)c1Cl. The van der Waals surface area contributed by atoms with Gasteiger partial charge in [0.05, 0.1) is 11.9 Å². The molecule has 112 valence electrons. The molecule has 8 heteroatoms. The number of carbonyl (C=O) groups is 1. The Morgan fingerprint density at radius 2 is 2.15 bits per heavy atom. The van der Waals surface area contributed by atoms with Gasteiger partial charge in [-0.2, -0.15) is 5.10 Å². The smallest absolute Gasteiger partial charge is 0.407 e. The maximum Gasteiger partial charge on any atom is 0.407 e. The maximum absolute atomic E-state index is 11.4. The molecule has 1 aromatic rings. The molecule has 0 saturated carbocycles. The van der Waals surface area contributed by atoms with Crippen LogP contribution in [0.1, 0.15) is 27.2 Å². The molecule has 1 rings (SSSR count). The number of alkyl carbamates (subject to hydrolysis) is 1. The number of hydrogen-bond donors (Lipinski definition) is 3. The molecule has 0 aliphatic heterocycles. The summed E-state index contributed by atoms with van der Waals surface area (Å²) in [6, 6.07) is 0. The van der Waals surface area contributed by atoms with Crippen LogP contribution in [0.15, 0.2) is 11.0 Å². The van der Waals surface area contributed by atoms with Crippen LogP contribution in [0.5, 0.6) is 0 Å². The predicted octanol–water partition coefficient (Wildman–Crippen LogP) is 1.75. The zero-order valence-electron chi connectivity index (χ0n) is 11.7. The maximum atomic E-state index is 11.4. The lowest BCUT2D eigenvalue weighted by Gasteiger charge is -2.19. The summed E-state index contributed by atoms with van der Waals surface area (Å²) >= 11 is 5.79. The van der Waals surface area contributed by atoms with E-state index in [9.17, 15) is 9.59 Å². The first-order valence-electron chi connectivity index (χ1n) is 6.23. The summed E-state index contributed by atoms with van der Waals surface area (Å²) in [6.45, 7) is 6.40. The molecule has 0 atom stereocenters. The van der Waals surface area contributed by atoms with Crippen molar-refractivity contribution >= 4 is 23.4 Å². The first-order chi connectivity index (χ1) is 9.29. The van der Waals surface area contributed by atoms with E-state index >= 15 is 0 Å². The second kappa shape index (κ2) is 7.14. The van der Waals surface area contributed by atoms with E-state index in [2.05, 4.69) is 20.8 Å². The van der Waals surface area contributed by atoms with Crippen LogP contribution in [-0.2, 0) is 4.74 Å². The predicted molar refractivity (Wildman–Crippen MR) is 77.2 cm³/mol. The van der Waals surface area contributed by atoms with Gasteiger partial charge in [-0.15, -0.1) is 0 Å². The van der Waals surface area contributed by atoms with Crippen molar-refractivity contribution < 1.29 is 9.53 Å². The van der Waals surface area contributed by atoms with Crippen LogP contribution in [0.3, 0.4) is 0 Å². The quantitative estimate of drug-likeness (QED) is 0.720. The molecular weight excluding hydrogens is 284 g/mol. The fraction of sp³-hybridized carbons (Fsp3) is 0.583. The van der Waals surface area contributed by atoms with Crippen LogP contribution >= 0.6 is 11.6 Å². The summed E-state index contributed by atoms with van der Waals surface area (Å²) in [4.78, 5) is 22.5. The third-order valence-electron chi connectivity index (χ3n) is 2.13. The van der Waals surface area contributed by atoms with E-state index in [0.29, 0.717) is 25.2 Å². The highest BCUT2D eigenvalue weighted by Crippen LogP contribution is 2.13. The number of aromatic amines is 1. The van der Waals surface area contributed by atoms with E-state index in [-0.39, 0.29) is 5.02 Å². The Labute approximate surface area is 122 Å². The summed E-state index contributed by atoms with van der Waals surface area (Å²) in [6.07, 6.45) is 1.64. The first-order valence-corrected chi connectivity index (χ1v) is 6.61. The van der Waals surface area contributed by atoms with Gasteiger partial charge >= 0.3 is 6.09 Å². The van der Waals surface area contributed by atoms with E-state index in [1.165, 1.54) is 6.20 Å². The van der Waals surface area contributed by atoms with Crippen molar-refractivity contribution in [1.82, 2.24) is 15.5 Å². The Balaban J connectivity index is 2.24. The van der Waals surface area contributed by atoms with Crippen molar-refractivity contribution in [3.8, 4) is 0 Å². The topological polar surface area (TPSA) is 96.1 Å². The van der Waals surface area contributed by atoms with E-state index in [4.69, 9.17) is 16.3 Å². The summed E-state index contributed by atoms with van der Waals surface area (Å²) in [5.74, 6) is 0. The average molecular weight is 303 g/mol. The highest BCUT2D eigenvalue weighted by Gasteiger charge is 2.15. The van der Waals surface area contributed by atoms with Crippen molar-refractivity contribution in [3.05, 3.63) is 21.6 Å². The van der Waals surface area contributed by atoms with Gasteiger partial charge in [0.25, 0.3) is 5.56 Å². The Hall–Kier alpha value is -1.76. The number of rotatable bonds is 5. The summed E-state index contributed by atoms with van der Waals surface area (Å²) in [5.41, 5.74) is -0.483. The molecular formula is C12H19ClN4O3. The molecule has 1 amide bonds. The lowest BCUT2D eigenvalue weighted by atomic mass is 10.2. The fourth-order valence-corrected chi connectivity index (χ4v) is 1.48. The lowest BCUT2D eigenvalue weighted by Crippen LogP contribution is -2.33. The van der Waals surface area contributed by atoms with E-state index in [0.717, 1.165) is 0 Å². The zero-order valence-corrected chi connectivity index (χ0v) is 12.5. The number of ether oxygens (including phenoxy) is 1. The van der Waals surface area contributed by atoms with E-state index in [1.54, 1.807) is 20.8 Å². The minimum Gasteiger partial charge on any atom is -0.444 e. The molecule has 7 nitrogen and oxygen atoms in total. The largest absolute Gasteiger partial charge is 0.444 e. The third kappa shape index (κ3) is 5.92. The van der Waals surface area contributed by atoms with Crippen LogP contribution in [0.4, 0.5) is 10.5 Å². The molecule has 0 radical (unpaired) electrons. The molecule has 0 unspecified atom stereocenters. The lowest BCUT2D eigenvalue weighted by molar-refractivity contribution is 0.0528. The van der Waals surface area contributed by atoms with Crippen molar-refractivity contribution in [2.75, 3.05) is 18.4 Å². The van der Waals surface area contributed by atoms with Crippen molar-refractivity contribution in [1.29, 1.82) is 0 Å². The van der Waals surface area contributed by atoms with Gasteiger partial charge in [0.15, 0.2) is 0 Å².